The van der Waals surface area contributed by atoms with Crippen molar-refractivity contribution in [1.82, 2.24) is 4.98 Å². The van der Waals surface area contributed by atoms with Gasteiger partial charge in [0.15, 0.2) is 0 Å². The van der Waals surface area contributed by atoms with Crippen molar-refractivity contribution in [3.8, 4) is 6.07 Å². The van der Waals surface area contributed by atoms with E-state index in [0.717, 1.165) is 11.3 Å². The summed E-state index contributed by atoms with van der Waals surface area (Å²) >= 11 is 0. The van der Waals surface area contributed by atoms with E-state index in [2.05, 4.69) is 14.9 Å². The quantitative estimate of drug-likeness (QED) is 0.742. The molecule has 0 aliphatic carbocycles. The third kappa shape index (κ3) is 2.63. The molecule has 0 saturated carbocycles. The fourth-order valence-corrected chi connectivity index (χ4v) is 1.61. The van der Waals surface area contributed by atoms with Crippen LogP contribution in [0.15, 0.2) is 23.5 Å². The first-order chi connectivity index (χ1) is 8.72. The number of carbonyl (C=O) groups is 1. The Balaban J connectivity index is 1.99. The lowest BCUT2D eigenvalue weighted by molar-refractivity contribution is -0.143. The van der Waals surface area contributed by atoms with Crippen LogP contribution in [-0.2, 0) is 14.4 Å². The predicted octanol–water partition coefficient (Wildman–Crippen LogP) is 1.01. The summed E-state index contributed by atoms with van der Waals surface area (Å²) in [7, 11) is 1.34. The maximum absolute atomic E-state index is 11.1. The largest absolute Gasteiger partial charge is 0.469 e. The molecular formula is C12H11N3O3. The second kappa shape index (κ2) is 5.27. The van der Waals surface area contributed by atoms with Gasteiger partial charge < -0.3 is 9.57 Å². The molecule has 0 saturated heterocycles. The molecule has 0 bridgehead atoms. The second-order valence-electron chi connectivity index (χ2n) is 3.79. The maximum Gasteiger partial charge on any atom is 0.309 e. The van der Waals surface area contributed by atoms with Crippen LogP contribution in [0.3, 0.4) is 0 Å². The number of rotatable bonds is 3. The molecule has 2 heterocycles. The number of methoxy groups -OCH3 is 1. The zero-order valence-electron chi connectivity index (χ0n) is 9.79. The smallest absolute Gasteiger partial charge is 0.309 e. The molecule has 1 unspecified atom stereocenters. The van der Waals surface area contributed by atoms with Gasteiger partial charge >= 0.3 is 5.97 Å². The van der Waals surface area contributed by atoms with E-state index >= 15 is 0 Å². The van der Waals surface area contributed by atoms with Gasteiger partial charge in [0.25, 0.3) is 0 Å². The summed E-state index contributed by atoms with van der Waals surface area (Å²) in [5, 5.41) is 12.6. The summed E-state index contributed by atoms with van der Waals surface area (Å²) in [6.07, 6.45) is 1.99. The molecule has 18 heavy (non-hydrogen) atoms. The Labute approximate surface area is 104 Å². The van der Waals surface area contributed by atoms with Gasteiger partial charge in [-0.15, -0.1) is 0 Å². The lowest BCUT2D eigenvalue weighted by Gasteiger charge is -2.05. The summed E-state index contributed by atoms with van der Waals surface area (Å²) < 4.78 is 4.57. The van der Waals surface area contributed by atoms with Crippen LogP contribution in [0, 0.1) is 11.3 Å². The van der Waals surface area contributed by atoms with E-state index in [0.29, 0.717) is 12.1 Å². The van der Waals surface area contributed by atoms with Gasteiger partial charge in [0.1, 0.15) is 17.9 Å². The number of nitriles is 1. The molecular weight excluding hydrogens is 234 g/mol. The highest BCUT2D eigenvalue weighted by atomic mass is 16.6. The monoisotopic (exact) mass is 245 g/mol. The molecule has 1 aliphatic rings. The van der Waals surface area contributed by atoms with Crippen LogP contribution in [0.25, 0.3) is 0 Å². The molecule has 0 spiro atoms. The normalized spacial score (nSPS) is 17.6. The van der Waals surface area contributed by atoms with Crippen LogP contribution in [0.2, 0.25) is 0 Å². The van der Waals surface area contributed by atoms with E-state index in [4.69, 9.17) is 10.1 Å². The molecule has 6 nitrogen and oxygen atoms in total. The van der Waals surface area contributed by atoms with E-state index in [9.17, 15) is 4.79 Å². The minimum Gasteiger partial charge on any atom is -0.469 e. The number of esters is 1. The number of hydrogen-bond acceptors (Lipinski definition) is 6. The SMILES string of the molecule is COC(=O)CC1CC(c2ccc(C#N)nc2)=NO1. The van der Waals surface area contributed by atoms with Crippen molar-refractivity contribution >= 4 is 11.7 Å². The molecule has 6 heteroatoms. The first-order valence-corrected chi connectivity index (χ1v) is 5.39. The van der Waals surface area contributed by atoms with Gasteiger partial charge in [-0.2, -0.15) is 5.26 Å². The van der Waals surface area contributed by atoms with E-state index < -0.39 is 0 Å². The van der Waals surface area contributed by atoms with Gasteiger partial charge in [0.2, 0.25) is 0 Å². The zero-order chi connectivity index (χ0) is 13.0. The van der Waals surface area contributed by atoms with Crippen molar-refractivity contribution in [2.45, 2.75) is 18.9 Å². The molecule has 1 aromatic rings. The molecule has 1 atom stereocenters. The number of pyridine rings is 1. The van der Waals surface area contributed by atoms with Crippen molar-refractivity contribution in [2.75, 3.05) is 7.11 Å². The lowest BCUT2D eigenvalue weighted by Crippen LogP contribution is -2.15. The summed E-state index contributed by atoms with van der Waals surface area (Å²) in [6.45, 7) is 0. The highest BCUT2D eigenvalue weighted by molar-refractivity contribution is 6.01. The minimum atomic E-state index is -0.325. The zero-order valence-corrected chi connectivity index (χ0v) is 9.79. The Kier molecular flexibility index (Phi) is 3.53. The molecule has 0 aromatic carbocycles. The summed E-state index contributed by atoms with van der Waals surface area (Å²) in [6, 6.07) is 5.32. The van der Waals surface area contributed by atoms with Gasteiger partial charge in [-0.3, -0.25) is 4.79 Å². The summed E-state index contributed by atoms with van der Waals surface area (Å²) in [4.78, 5) is 20.2. The van der Waals surface area contributed by atoms with Gasteiger partial charge in [-0.1, -0.05) is 5.16 Å². The first kappa shape index (κ1) is 12.0. The third-order valence-electron chi connectivity index (χ3n) is 2.57. The number of nitrogens with zero attached hydrogens (tertiary/aromatic N) is 3. The third-order valence-corrected chi connectivity index (χ3v) is 2.57. The highest BCUT2D eigenvalue weighted by Gasteiger charge is 2.25. The number of aromatic nitrogens is 1. The molecule has 1 aliphatic heterocycles. The Morgan fingerprint density at radius 3 is 3.11 bits per heavy atom. The van der Waals surface area contributed by atoms with Crippen LogP contribution in [0.4, 0.5) is 0 Å². The van der Waals surface area contributed by atoms with Crippen molar-refractivity contribution in [3.63, 3.8) is 0 Å². The van der Waals surface area contributed by atoms with Crippen LogP contribution < -0.4 is 0 Å². The molecule has 2 rings (SSSR count). The van der Waals surface area contributed by atoms with Gasteiger partial charge in [0, 0.05) is 18.2 Å². The van der Waals surface area contributed by atoms with Crippen molar-refractivity contribution in [3.05, 3.63) is 29.6 Å². The predicted molar refractivity (Wildman–Crippen MR) is 61.6 cm³/mol. The van der Waals surface area contributed by atoms with E-state index in [1.165, 1.54) is 7.11 Å². The lowest BCUT2D eigenvalue weighted by atomic mass is 10.0. The van der Waals surface area contributed by atoms with Crippen LogP contribution in [0.5, 0.6) is 0 Å². The standard InChI is InChI=1S/C12H11N3O3/c1-17-12(16)5-10-4-11(15-18-10)8-2-3-9(6-13)14-7-8/h2-3,7,10H,4-5H2,1H3. The average molecular weight is 245 g/mol. The van der Waals surface area contributed by atoms with E-state index in [-0.39, 0.29) is 18.5 Å². The Bertz CT molecular complexity index is 516. The van der Waals surface area contributed by atoms with E-state index in [1.807, 2.05) is 6.07 Å². The fraction of sp³-hybridized carbons (Fsp3) is 0.333. The molecule has 0 fully saturated rings. The summed E-state index contributed by atoms with van der Waals surface area (Å²) in [5.41, 5.74) is 1.87. The van der Waals surface area contributed by atoms with Crippen molar-refractivity contribution in [1.29, 1.82) is 5.26 Å². The molecule has 0 radical (unpaired) electrons. The molecule has 0 N–H and O–H groups in total. The maximum atomic E-state index is 11.1. The fourth-order valence-electron chi connectivity index (χ4n) is 1.61. The topological polar surface area (TPSA) is 84.6 Å². The van der Waals surface area contributed by atoms with Gasteiger partial charge in [-0.25, -0.2) is 4.98 Å². The second-order valence-corrected chi connectivity index (χ2v) is 3.79. The highest BCUT2D eigenvalue weighted by Crippen LogP contribution is 2.18. The number of oxime groups is 1. The van der Waals surface area contributed by atoms with Crippen molar-refractivity contribution < 1.29 is 14.4 Å². The van der Waals surface area contributed by atoms with Crippen molar-refractivity contribution in [2.24, 2.45) is 5.16 Å². The number of hydrogen-bond donors (Lipinski definition) is 0. The van der Waals surface area contributed by atoms with Crippen LogP contribution in [-0.4, -0.2) is 29.9 Å². The van der Waals surface area contributed by atoms with Crippen LogP contribution in [0.1, 0.15) is 24.1 Å². The summed E-state index contributed by atoms with van der Waals surface area (Å²) in [5.74, 6) is -0.325. The Hall–Kier alpha value is -2.42. The van der Waals surface area contributed by atoms with E-state index in [1.54, 1.807) is 18.3 Å². The van der Waals surface area contributed by atoms with Crippen LogP contribution >= 0.6 is 0 Å². The van der Waals surface area contributed by atoms with Gasteiger partial charge in [0.05, 0.1) is 19.2 Å². The molecule has 0 amide bonds. The molecule has 92 valence electrons. The number of carbonyl (C=O) groups excluding carboxylic acids is 1. The minimum absolute atomic E-state index is 0.174. The first-order valence-electron chi connectivity index (χ1n) is 5.39. The Morgan fingerprint density at radius 1 is 1.67 bits per heavy atom. The van der Waals surface area contributed by atoms with Gasteiger partial charge in [-0.05, 0) is 12.1 Å². The Morgan fingerprint density at radius 2 is 2.50 bits per heavy atom. The molecule has 1 aromatic heterocycles. The number of ether oxygens (including phenoxy) is 1. The average Bonchev–Trinajstić information content (AvgIpc) is 2.87.